The number of hydrogen-bond donors (Lipinski definition) is 1. The summed E-state index contributed by atoms with van der Waals surface area (Å²) in [5, 5.41) is 7.11. The summed E-state index contributed by atoms with van der Waals surface area (Å²) in [7, 11) is -3.12. The highest BCUT2D eigenvalue weighted by Gasteiger charge is 2.31. The standard InChI is InChI=1S/C19H20FN5O4S/c1-11-7-17(25(23-11)14-5-6-30(28,29)10-14)22-18(26)9-24-12(2)21-16-4-3-13(20)8-15(16)19(24)27/h3-4,7-8,14H,5-6,9-10H2,1-2H3,(H,22,26)/t14-/m1/s1. The van der Waals surface area contributed by atoms with E-state index in [2.05, 4.69) is 15.4 Å². The van der Waals surface area contributed by atoms with Crippen LogP contribution in [0.15, 0.2) is 29.1 Å². The number of sulfone groups is 1. The maximum absolute atomic E-state index is 13.5. The second-order valence-corrected chi connectivity index (χ2v) is 9.66. The molecule has 158 valence electrons. The Kier molecular flexibility index (Phi) is 4.92. The average Bonchev–Trinajstić information content (AvgIpc) is 3.20. The summed E-state index contributed by atoms with van der Waals surface area (Å²) in [4.78, 5) is 29.7. The zero-order valence-electron chi connectivity index (χ0n) is 16.4. The molecule has 0 spiro atoms. The summed E-state index contributed by atoms with van der Waals surface area (Å²) in [6, 6.07) is 5.02. The Morgan fingerprint density at radius 2 is 2.07 bits per heavy atom. The van der Waals surface area contributed by atoms with Crippen LogP contribution in [0.3, 0.4) is 0 Å². The molecule has 0 unspecified atom stereocenters. The number of hydrogen-bond acceptors (Lipinski definition) is 6. The van der Waals surface area contributed by atoms with Crippen molar-refractivity contribution in [1.82, 2.24) is 19.3 Å². The summed E-state index contributed by atoms with van der Waals surface area (Å²) in [5.41, 5.74) is 0.469. The molecule has 1 amide bonds. The summed E-state index contributed by atoms with van der Waals surface area (Å²) in [6.07, 6.45) is 0.422. The number of aromatic nitrogens is 4. The number of nitrogens with zero attached hydrogens (tertiary/aromatic N) is 4. The van der Waals surface area contributed by atoms with Crippen LogP contribution in [0, 0.1) is 19.7 Å². The average molecular weight is 433 g/mol. The summed E-state index contributed by atoms with van der Waals surface area (Å²) >= 11 is 0. The lowest BCUT2D eigenvalue weighted by Crippen LogP contribution is -2.31. The van der Waals surface area contributed by atoms with Crippen molar-refractivity contribution < 1.29 is 17.6 Å². The molecule has 1 N–H and O–H groups in total. The fourth-order valence-electron chi connectivity index (χ4n) is 3.67. The van der Waals surface area contributed by atoms with Crippen LogP contribution in [0.1, 0.15) is 24.0 Å². The van der Waals surface area contributed by atoms with Crippen LogP contribution in [-0.2, 0) is 21.2 Å². The Hall–Kier alpha value is -3.08. The molecule has 3 aromatic rings. The molecule has 9 nitrogen and oxygen atoms in total. The van der Waals surface area contributed by atoms with E-state index in [0.717, 1.165) is 6.07 Å². The molecule has 1 saturated heterocycles. The number of carbonyl (C=O) groups is 1. The van der Waals surface area contributed by atoms with Crippen LogP contribution in [0.2, 0.25) is 0 Å². The van der Waals surface area contributed by atoms with Gasteiger partial charge in [-0.05, 0) is 38.5 Å². The van der Waals surface area contributed by atoms with E-state index in [1.165, 1.54) is 21.4 Å². The maximum atomic E-state index is 13.5. The molecular weight excluding hydrogens is 413 g/mol. The normalized spacial score (nSPS) is 18.0. The fourth-order valence-corrected chi connectivity index (χ4v) is 5.36. The zero-order valence-corrected chi connectivity index (χ0v) is 17.2. The molecule has 2 aromatic heterocycles. The second kappa shape index (κ2) is 7.31. The van der Waals surface area contributed by atoms with Crippen molar-refractivity contribution in [2.75, 3.05) is 16.8 Å². The molecule has 1 aliphatic heterocycles. The van der Waals surface area contributed by atoms with Gasteiger partial charge in [0.25, 0.3) is 5.56 Å². The van der Waals surface area contributed by atoms with E-state index < -0.39 is 27.1 Å². The summed E-state index contributed by atoms with van der Waals surface area (Å²) in [5.74, 6) is -0.328. The van der Waals surface area contributed by atoms with Crippen LogP contribution in [0.25, 0.3) is 10.9 Å². The maximum Gasteiger partial charge on any atom is 0.261 e. The van der Waals surface area contributed by atoms with E-state index in [4.69, 9.17) is 0 Å². The minimum absolute atomic E-state index is 0.0320. The molecule has 1 fully saturated rings. The van der Waals surface area contributed by atoms with Crippen molar-refractivity contribution in [3.05, 3.63) is 52.0 Å². The van der Waals surface area contributed by atoms with Crippen LogP contribution in [0.5, 0.6) is 0 Å². The van der Waals surface area contributed by atoms with Crippen LogP contribution >= 0.6 is 0 Å². The van der Waals surface area contributed by atoms with E-state index in [9.17, 15) is 22.4 Å². The first-order valence-corrected chi connectivity index (χ1v) is 11.2. The Bertz CT molecular complexity index is 1330. The van der Waals surface area contributed by atoms with Crippen LogP contribution in [-0.4, -0.2) is 45.2 Å². The number of rotatable bonds is 4. The first-order chi connectivity index (χ1) is 14.1. The lowest BCUT2D eigenvalue weighted by atomic mass is 10.2. The molecule has 0 saturated carbocycles. The van der Waals surface area contributed by atoms with Crippen molar-refractivity contribution in [3.63, 3.8) is 0 Å². The van der Waals surface area contributed by atoms with Crippen molar-refractivity contribution in [3.8, 4) is 0 Å². The summed E-state index contributed by atoms with van der Waals surface area (Å²) in [6.45, 7) is 3.01. The summed E-state index contributed by atoms with van der Waals surface area (Å²) < 4.78 is 39.8. The molecule has 3 heterocycles. The zero-order chi connectivity index (χ0) is 21.6. The van der Waals surface area contributed by atoms with Gasteiger partial charge < -0.3 is 5.32 Å². The van der Waals surface area contributed by atoms with Crippen LogP contribution < -0.4 is 10.9 Å². The van der Waals surface area contributed by atoms with Gasteiger partial charge in [0.2, 0.25) is 5.91 Å². The number of amides is 1. The Labute approximate surface area is 171 Å². The predicted octanol–water partition coefficient (Wildman–Crippen LogP) is 1.35. The van der Waals surface area contributed by atoms with Crippen molar-refractivity contribution in [2.45, 2.75) is 32.9 Å². The quantitative estimate of drug-likeness (QED) is 0.664. The van der Waals surface area contributed by atoms with Crippen LogP contribution in [0.4, 0.5) is 10.2 Å². The number of halogens is 1. The molecule has 11 heteroatoms. The monoisotopic (exact) mass is 433 g/mol. The third-order valence-corrected chi connectivity index (χ3v) is 6.84. The lowest BCUT2D eigenvalue weighted by molar-refractivity contribution is -0.116. The van der Waals surface area contributed by atoms with Gasteiger partial charge in [0.15, 0.2) is 9.84 Å². The topological polar surface area (TPSA) is 116 Å². The number of anilines is 1. The van der Waals surface area contributed by atoms with Crippen molar-refractivity contribution in [1.29, 1.82) is 0 Å². The Morgan fingerprint density at radius 3 is 2.77 bits per heavy atom. The largest absolute Gasteiger partial charge is 0.309 e. The van der Waals surface area contributed by atoms with Crippen molar-refractivity contribution in [2.24, 2.45) is 0 Å². The van der Waals surface area contributed by atoms with Gasteiger partial charge in [-0.1, -0.05) is 0 Å². The van der Waals surface area contributed by atoms with Gasteiger partial charge in [-0.3, -0.25) is 14.2 Å². The Morgan fingerprint density at radius 1 is 1.30 bits per heavy atom. The third kappa shape index (κ3) is 3.84. The predicted molar refractivity (Wildman–Crippen MR) is 109 cm³/mol. The molecule has 1 aliphatic rings. The van der Waals surface area contributed by atoms with Gasteiger partial charge >= 0.3 is 0 Å². The van der Waals surface area contributed by atoms with Gasteiger partial charge in [0.05, 0.1) is 34.1 Å². The molecular formula is C19H20FN5O4S. The minimum atomic E-state index is -3.12. The SMILES string of the molecule is Cc1cc(NC(=O)Cn2c(C)nc3ccc(F)cc3c2=O)n([C@@H]2CCS(=O)(=O)C2)n1. The van der Waals surface area contributed by atoms with Gasteiger partial charge in [-0.15, -0.1) is 0 Å². The van der Waals surface area contributed by atoms with E-state index in [1.807, 2.05) is 0 Å². The highest BCUT2D eigenvalue weighted by atomic mass is 32.2. The fraction of sp³-hybridized carbons (Fsp3) is 0.368. The number of carbonyl (C=O) groups excluding carboxylic acids is 1. The number of nitrogens with one attached hydrogen (secondary N) is 1. The van der Waals surface area contributed by atoms with E-state index in [0.29, 0.717) is 29.3 Å². The molecule has 1 atom stereocenters. The van der Waals surface area contributed by atoms with E-state index >= 15 is 0 Å². The number of aryl methyl sites for hydroxylation is 2. The molecule has 1 aromatic carbocycles. The van der Waals surface area contributed by atoms with E-state index in [-0.39, 0.29) is 29.5 Å². The van der Waals surface area contributed by atoms with Gasteiger partial charge in [0, 0.05) is 6.07 Å². The smallest absolute Gasteiger partial charge is 0.261 e. The second-order valence-electron chi connectivity index (χ2n) is 7.43. The van der Waals surface area contributed by atoms with Gasteiger partial charge in [-0.2, -0.15) is 5.10 Å². The molecule has 30 heavy (non-hydrogen) atoms. The first-order valence-electron chi connectivity index (χ1n) is 9.36. The Balaban J connectivity index is 1.60. The van der Waals surface area contributed by atoms with Crippen molar-refractivity contribution >= 4 is 32.5 Å². The highest BCUT2D eigenvalue weighted by molar-refractivity contribution is 7.91. The molecule has 0 bridgehead atoms. The lowest BCUT2D eigenvalue weighted by Gasteiger charge is -2.15. The van der Waals surface area contributed by atoms with Gasteiger partial charge in [-0.25, -0.2) is 22.5 Å². The first kappa shape index (κ1) is 20.2. The number of fused-ring (bicyclic) bond motifs is 1. The molecule has 4 rings (SSSR count). The van der Waals surface area contributed by atoms with E-state index in [1.54, 1.807) is 19.9 Å². The highest BCUT2D eigenvalue weighted by Crippen LogP contribution is 2.27. The third-order valence-electron chi connectivity index (χ3n) is 5.09. The molecule has 0 aliphatic carbocycles. The number of benzene rings is 1. The van der Waals surface area contributed by atoms with Gasteiger partial charge in [0.1, 0.15) is 24.0 Å². The minimum Gasteiger partial charge on any atom is -0.309 e. The molecule has 0 radical (unpaired) electrons.